The van der Waals surface area contributed by atoms with Crippen LogP contribution in [0.15, 0.2) is 6.20 Å². The SMILES string of the molecule is CC(C)n1cc(CN(C)C)nn1. The van der Waals surface area contributed by atoms with Crippen molar-refractivity contribution in [2.75, 3.05) is 14.1 Å². The van der Waals surface area contributed by atoms with Crippen molar-refractivity contribution in [3.63, 3.8) is 0 Å². The van der Waals surface area contributed by atoms with Crippen LogP contribution in [0.3, 0.4) is 0 Å². The van der Waals surface area contributed by atoms with Crippen LogP contribution in [0.4, 0.5) is 0 Å². The topological polar surface area (TPSA) is 34.0 Å². The Morgan fingerprint density at radius 3 is 2.58 bits per heavy atom. The van der Waals surface area contributed by atoms with Gasteiger partial charge in [-0.05, 0) is 27.9 Å². The van der Waals surface area contributed by atoms with E-state index in [0.29, 0.717) is 6.04 Å². The van der Waals surface area contributed by atoms with Crippen LogP contribution in [-0.4, -0.2) is 34.0 Å². The molecule has 68 valence electrons. The van der Waals surface area contributed by atoms with E-state index in [9.17, 15) is 0 Å². The second-order valence-electron chi connectivity index (χ2n) is 3.52. The van der Waals surface area contributed by atoms with Gasteiger partial charge in [0.25, 0.3) is 0 Å². The first-order valence-electron chi connectivity index (χ1n) is 4.15. The van der Waals surface area contributed by atoms with Crippen molar-refractivity contribution in [1.29, 1.82) is 0 Å². The first kappa shape index (κ1) is 9.19. The molecule has 0 unspecified atom stereocenters. The van der Waals surface area contributed by atoms with Gasteiger partial charge < -0.3 is 4.90 Å². The predicted molar refractivity (Wildman–Crippen MR) is 47.8 cm³/mol. The molecule has 0 radical (unpaired) electrons. The first-order valence-corrected chi connectivity index (χ1v) is 4.15. The summed E-state index contributed by atoms with van der Waals surface area (Å²) in [5.41, 5.74) is 1.02. The largest absolute Gasteiger partial charge is 0.303 e. The molecule has 4 heteroatoms. The van der Waals surface area contributed by atoms with E-state index in [2.05, 4.69) is 29.1 Å². The summed E-state index contributed by atoms with van der Waals surface area (Å²) < 4.78 is 1.87. The maximum absolute atomic E-state index is 4.05. The molecule has 0 aliphatic carbocycles. The summed E-state index contributed by atoms with van der Waals surface area (Å²) in [5.74, 6) is 0. The highest BCUT2D eigenvalue weighted by atomic mass is 15.4. The molecule has 0 atom stereocenters. The predicted octanol–water partition coefficient (Wildman–Crippen LogP) is 0.921. The Balaban J connectivity index is 2.64. The third-order valence-corrected chi connectivity index (χ3v) is 1.57. The van der Waals surface area contributed by atoms with E-state index in [0.717, 1.165) is 12.2 Å². The van der Waals surface area contributed by atoms with E-state index in [1.165, 1.54) is 0 Å². The lowest BCUT2D eigenvalue weighted by atomic mass is 10.4. The van der Waals surface area contributed by atoms with Crippen molar-refractivity contribution in [1.82, 2.24) is 19.9 Å². The van der Waals surface area contributed by atoms with Gasteiger partial charge in [0.1, 0.15) is 0 Å². The lowest BCUT2D eigenvalue weighted by Gasteiger charge is -2.05. The highest BCUT2D eigenvalue weighted by molar-refractivity contribution is 4.92. The average Bonchev–Trinajstić information content (AvgIpc) is 2.34. The third kappa shape index (κ3) is 2.30. The normalized spacial score (nSPS) is 11.5. The number of hydrogen-bond acceptors (Lipinski definition) is 3. The fraction of sp³-hybridized carbons (Fsp3) is 0.750. The van der Waals surface area contributed by atoms with E-state index in [-0.39, 0.29) is 0 Å². The minimum absolute atomic E-state index is 0.397. The Morgan fingerprint density at radius 1 is 1.50 bits per heavy atom. The highest BCUT2D eigenvalue weighted by Crippen LogP contribution is 2.03. The Labute approximate surface area is 73.2 Å². The third-order valence-electron chi connectivity index (χ3n) is 1.57. The van der Waals surface area contributed by atoms with Gasteiger partial charge in [-0.15, -0.1) is 5.10 Å². The number of hydrogen-bond donors (Lipinski definition) is 0. The monoisotopic (exact) mass is 168 g/mol. The molecule has 1 heterocycles. The molecule has 0 fully saturated rings. The summed E-state index contributed by atoms with van der Waals surface area (Å²) in [6.07, 6.45) is 1.99. The summed E-state index contributed by atoms with van der Waals surface area (Å²) >= 11 is 0. The van der Waals surface area contributed by atoms with Crippen LogP contribution < -0.4 is 0 Å². The zero-order valence-corrected chi connectivity index (χ0v) is 8.15. The quantitative estimate of drug-likeness (QED) is 0.673. The van der Waals surface area contributed by atoms with Crippen LogP contribution in [0, 0.1) is 0 Å². The molecule has 12 heavy (non-hydrogen) atoms. The lowest BCUT2D eigenvalue weighted by molar-refractivity contribution is 0.396. The lowest BCUT2D eigenvalue weighted by Crippen LogP contribution is -2.10. The molecule has 0 saturated carbocycles. The minimum Gasteiger partial charge on any atom is -0.303 e. The molecular formula is C8H16N4. The molecule has 0 aliphatic heterocycles. The standard InChI is InChI=1S/C8H16N4/c1-7(2)12-6-8(9-10-12)5-11(3)4/h6-7H,5H2,1-4H3. The van der Waals surface area contributed by atoms with Crippen molar-refractivity contribution in [2.24, 2.45) is 0 Å². The second kappa shape index (κ2) is 3.67. The molecule has 4 nitrogen and oxygen atoms in total. The molecule has 0 bridgehead atoms. The van der Waals surface area contributed by atoms with E-state index in [1.54, 1.807) is 0 Å². The van der Waals surface area contributed by atoms with Gasteiger partial charge in [-0.1, -0.05) is 5.21 Å². The van der Waals surface area contributed by atoms with Gasteiger partial charge in [-0.25, -0.2) is 4.68 Å². The van der Waals surface area contributed by atoms with Crippen LogP contribution in [0.1, 0.15) is 25.6 Å². The highest BCUT2D eigenvalue weighted by Gasteiger charge is 2.03. The van der Waals surface area contributed by atoms with Crippen molar-refractivity contribution in [2.45, 2.75) is 26.4 Å². The van der Waals surface area contributed by atoms with Crippen LogP contribution in [0.25, 0.3) is 0 Å². The van der Waals surface area contributed by atoms with Gasteiger partial charge in [-0.2, -0.15) is 0 Å². The van der Waals surface area contributed by atoms with E-state index in [4.69, 9.17) is 0 Å². The average molecular weight is 168 g/mol. The summed E-state index contributed by atoms with van der Waals surface area (Å²) in [6, 6.07) is 0.397. The van der Waals surface area contributed by atoms with Crippen molar-refractivity contribution in [3.05, 3.63) is 11.9 Å². The van der Waals surface area contributed by atoms with Gasteiger partial charge in [0.05, 0.1) is 11.9 Å². The molecule has 1 aromatic rings. The van der Waals surface area contributed by atoms with Crippen molar-refractivity contribution in [3.8, 4) is 0 Å². The van der Waals surface area contributed by atoms with Gasteiger partial charge >= 0.3 is 0 Å². The van der Waals surface area contributed by atoms with E-state index >= 15 is 0 Å². The zero-order valence-electron chi connectivity index (χ0n) is 8.15. The van der Waals surface area contributed by atoms with Crippen LogP contribution in [-0.2, 0) is 6.54 Å². The molecule has 1 aromatic heterocycles. The molecule has 0 aromatic carbocycles. The molecule has 1 rings (SSSR count). The van der Waals surface area contributed by atoms with Crippen molar-refractivity contribution < 1.29 is 0 Å². The summed E-state index contributed by atoms with van der Waals surface area (Å²) in [5, 5.41) is 8.06. The second-order valence-corrected chi connectivity index (χ2v) is 3.52. The zero-order chi connectivity index (χ0) is 9.14. The van der Waals surface area contributed by atoms with Gasteiger partial charge in [-0.3, -0.25) is 0 Å². The summed E-state index contributed by atoms with van der Waals surface area (Å²) in [7, 11) is 4.04. The summed E-state index contributed by atoms with van der Waals surface area (Å²) in [4.78, 5) is 2.08. The van der Waals surface area contributed by atoms with Crippen LogP contribution in [0.5, 0.6) is 0 Å². The Bertz CT molecular complexity index is 239. The maximum atomic E-state index is 4.05. The van der Waals surface area contributed by atoms with Crippen LogP contribution in [0.2, 0.25) is 0 Å². The van der Waals surface area contributed by atoms with Gasteiger partial charge in [0.2, 0.25) is 0 Å². The van der Waals surface area contributed by atoms with Gasteiger partial charge in [0, 0.05) is 12.6 Å². The summed E-state index contributed by atoms with van der Waals surface area (Å²) in [6.45, 7) is 5.04. The van der Waals surface area contributed by atoms with E-state index in [1.807, 2.05) is 25.0 Å². The fourth-order valence-corrected chi connectivity index (χ4v) is 0.962. The smallest absolute Gasteiger partial charge is 0.0967 e. The molecule has 0 amide bonds. The molecule has 0 spiro atoms. The Hall–Kier alpha value is -0.900. The fourth-order valence-electron chi connectivity index (χ4n) is 0.962. The molecule has 0 aliphatic rings. The molecule has 0 saturated heterocycles. The van der Waals surface area contributed by atoms with E-state index < -0.39 is 0 Å². The number of rotatable bonds is 3. The Morgan fingerprint density at radius 2 is 2.17 bits per heavy atom. The minimum atomic E-state index is 0.397. The molecule has 0 N–H and O–H groups in total. The Kier molecular flexibility index (Phi) is 2.81. The maximum Gasteiger partial charge on any atom is 0.0967 e. The van der Waals surface area contributed by atoms with Crippen molar-refractivity contribution >= 4 is 0 Å². The number of aromatic nitrogens is 3. The van der Waals surface area contributed by atoms with Gasteiger partial charge in [0.15, 0.2) is 0 Å². The number of nitrogens with zero attached hydrogens (tertiary/aromatic N) is 4. The first-order chi connectivity index (χ1) is 5.59. The van der Waals surface area contributed by atoms with Crippen LogP contribution >= 0.6 is 0 Å². The molecular weight excluding hydrogens is 152 g/mol.